The van der Waals surface area contributed by atoms with Gasteiger partial charge in [-0.2, -0.15) is 0 Å². The van der Waals surface area contributed by atoms with E-state index in [9.17, 15) is 0 Å². The van der Waals surface area contributed by atoms with Crippen molar-refractivity contribution in [3.63, 3.8) is 0 Å². The van der Waals surface area contributed by atoms with E-state index in [1.54, 1.807) is 0 Å². The van der Waals surface area contributed by atoms with E-state index < -0.39 is 11.6 Å². The average molecular weight is 302 g/mol. The third-order valence-corrected chi connectivity index (χ3v) is 4.03. The fraction of sp³-hybridized carbons (Fsp3) is 1.00. The van der Waals surface area contributed by atoms with Crippen molar-refractivity contribution < 1.29 is 28.4 Å². The van der Waals surface area contributed by atoms with Gasteiger partial charge in [0, 0.05) is 13.0 Å². The van der Waals surface area contributed by atoms with Crippen molar-refractivity contribution in [1.82, 2.24) is 0 Å². The van der Waals surface area contributed by atoms with Crippen molar-refractivity contribution >= 4 is 0 Å². The molecule has 3 aliphatic rings. The molecule has 6 nitrogen and oxygen atoms in total. The molecule has 0 aromatic rings. The summed E-state index contributed by atoms with van der Waals surface area (Å²) in [7, 11) is 0. The van der Waals surface area contributed by atoms with Crippen LogP contribution in [-0.4, -0.2) is 55.5 Å². The molecule has 0 radical (unpaired) electrons. The fourth-order valence-corrected chi connectivity index (χ4v) is 3.29. The molecular weight excluding hydrogens is 276 g/mol. The molecule has 5 atom stereocenters. The van der Waals surface area contributed by atoms with Crippen molar-refractivity contribution in [2.75, 3.05) is 13.2 Å². The Hall–Kier alpha value is -0.240. The molecule has 3 rings (SSSR count). The normalized spacial score (nSPS) is 44.7. The lowest BCUT2D eigenvalue weighted by molar-refractivity contribution is -0.340. The Morgan fingerprint density at radius 2 is 1.67 bits per heavy atom. The van der Waals surface area contributed by atoms with Crippen LogP contribution in [-0.2, 0) is 28.4 Å². The molecule has 0 aromatic heterocycles. The molecule has 0 unspecified atom stereocenters. The Morgan fingerprint density at radius 3 is 2.29 bits per heavy atom. The molecule has 0 bridgehead atoms. The van der Waals surface area contributed by atoms with Crippen LogP contribution in [0, 0.1) is 0 Å². The van der Waals surface area contributed by atoms with Crippen LogP contribution in [0.25, 0.3) is 0 Å². The highest BCUT2D eigenvalue weighted by atomic mass is 16.8. The number of hydrogen-bond donors (Lipinski definition) is 0. The van der Waals surface area contributed by atoms with Gasteiger partial charge in [-0.05, 0) is 34.6 Å². The van der Waals surface area contributed by atoms with E-state index >= 15 is 0 Å². The minimum Gasteiger partial charge on any atom is -0.353 e. The van der Waals surface area contributed by atoms with Gasteiger partial charge in [-0.15, -0.1) is 0 Å². The van der Waals surface area contributed by atoms with Gasteiger partial charge in [-0.25, -0.2) is 0 Å². The van der Waals surface area contributed by atoms with Crippen molar-refractivity contribution in [1.29, 1.82) is 0 Å². The summed E-state index contributed by atoms with van der Waals surface area (Å²) in [5.41, 5.74) is 0. The highest BCUT2D eigenvalue weighted by molar-refractivity contribution is 4.96. The molecule has 0 aliphatic carbocycles. The summed E-state index contributed by atoms with van der Waals surface area (Å²) >= 11 is 0. The van der Waals surface area contributed by atoms with Gasteiger partial charge in [0.25, 0.3) is 0 Å². The first-order valence-corrected chi connectivity index (χ1v) is 7.74. The summed E-state index contributed by atoms with van der Waals surface area (Å²) in [6, 6.07) is 0. The fourth-order valence-electron chi connectivity index (χ4n) is 3.29. The van der Waals surface area contributed by atoms with Gasteiger partial charge in [-0.3, -0.25) is 0 Å². The molecule has 21 heavy (non-hydrogen) atoms. The third kappa shape index (κ3) is 3.25. The second kappa shape index (κ2) is 5.44. The molecule has 6 heteroatoms. The Bertz CT molecular complexity index is 382. The van der Waals surface area contributed by atoms with E-state index in [2.05, 4.69) is 0 Å². The topological polar surface area (TPSA) is 55.4 Å². The van der Waals surface area contributed by atoms with E-state index in [1.807, 2.05) is 34.6 Å². The largest absolute Gasteiger partial charge is 0.353 e. The number of hydrogen-bond acceptors (Lipinski definition) is 6. The molecule has 0 N–H and O–H groups in total. The van der Waals surface area contributed by atoms with Crippen LogP contribution in [0.15, 0.2) is 0 Å². The quantitative estimate of drug-likeness (QED) is 0.792. The van der Waals surface area contributed by atoms with Gasteiger partial charge in [0.05, 0.1) is 12.7 Å². The van der Waals surface area contributed by atoms with Crippen LogP contribution in [0.3, 0.4) is 0 Å². The van der Waals surface area contributed by atoms with Gasteiger partial charge in [0.1, 0.15) is 18.3 Å². The van der Waals surface area contributed by atoms with Crippen molar-refractivity contribution in [3.8, 4) is 0 Å². The van der Waals surface area contributed by atoms with E-state index in [0.717, 1.165) is 6.42 Å². The van der Waals surface area contributed by atoms with Crippen LogP contribution in [0.1, 0.15) is 41.0 Å². The van der Waals surface area contributed by atoms with Gasteiger partial charge in [-0.1, -0.05) is 0 Å². The zero-order valence-corrected chi connectivity index (χ0v) is 13.5. The minimum absolute atomic E-state index is 0.0392. The minimum atomic E-state index is -0.660. The van der Waals surface area contributed by atoms with Crippen LogP contribution >= 0.6 is 0 Å². The molecular formula is C15H26O6. The molecule has 3 saturated heterocycles. The molecule has 122 valence electrons. The lowest BCUT2D eigenvalue weighted by Gasteiger charge is -2.44. The summed E-state index contributed by atoms with van der Waals surface area (Å²) in [6.07, 6.45) is -0.110. The van der Waals surface area contributed by atoms with Crippen LogP contribution in [0.2, 0.25) is 0 Å². The number of rotatable bonds is 3. The molecule has 3 aliphatic heterocycles. The number of ether oxygens (including phenoxy) is 6. The van der Waals surface area contributed by atoms with E-state index in [4.69, 9.17) is 28.4 Å². The lowest BCUT2D eigenvalue weighted by Crippen LogP contribution is -2.57. The molecule has 3 fully saturated rings. The summed E-state index contributed by atoms with van der Waals surface area (Å²) in [5.74, 6) is -1.24. The smallest absolute Gasteiger partial charge is 0.163 e. The predicted octanol–water partition coefficient (Wildman–Crippen LogP) is 1.81. The first-order valence-electron chi connectivity index (χ1n) is 7.74. The lowest BCUT2D eigenvalue weighted by atomic mass is 10.00. The van der Waals surface area contributed by atoms with Crippen molar-refractivity contribution in [2.45, 2.75) is 83.3 Å². The zero-order valence-electron chi connectivity index (χ0n) is 13.5. The summed E-state index contributed by atoms with van der Waals surface area (Å²) < 4.78 is 35.3. The predicted molar refractivity (Wildman–Crippen MR) is 73.6 cm³/mol. The Labute approximate surface area is 126 Å². The Kier molecular flexibility index (Phi) is 4.05. The van der Waals surface area contributed by atoms with E-state index in [1.165, 1.54) is 0 Å². The van der Waals surface area contributed by atoms with Crippen LogP contribution < -0.4 is 0 Å². The maximum Gasteiger partial charge on any atom is 0.163 e. The van der Waals surface area contributed by atoms with Crippen molar-refractivity contribution in [3.05, 3.63) is 0 Å². The van der Waals surface area contributed by atoms with Gasteiger partial charge in [0.2, 0.25) is 0 Å². The maximum absolute atomic E-state index is 6.08. The van der Waals surface area contributed by atoms with Gasteiger partial charge >= 0.3 is 0 Å². The number of fused-ring (bicyclic) bond motifs is 1. The summed E-state index contributed by atoms with van der Waals surface area (Å²) in [5, 5.41) is 0. The summed E-state index contributed by atoms with van der Waals surface area (Å²) in [6.45, 7) is 10.7. The molecule has 3 heterocycles. The average Bonchev–Trinajstić information content (AvgIpc) is 2.90. The first-order chi connectivity index (χ1) is 9.80. The third-order valence-electron chi connectivity index (χ3n) is 4.03. The highest BCUT2D eigenvalue weighted by Crippen LogP contribution is 2.40. The molecule has 0 saturated carbocycles. The second-order valence-corrected chi connectivity index (χ2v) is 6.73. The van der Waals surface area contributed by atoms with Gasteiger partial charge < -0.3 is 28.4 Å². The maximum atomic E-state index is 6.08. The Balaban J connectivity index is 1.75. The standard InChI is InChI=1S/C15H26O6/c1-6-16-11-7-9-12(18-11)13(21-15(4,5)19-9)10-8-17-14(2,3)20-10/h9-13H,6-8H2,1-5H3/t9-,10+,11+,12-,13-/m0/s1. The monoisotopic (exact) mass is 302 g/mol. The molecule has 0 aromatic carbocycles. The van der Waals surface area contributed by atoms with E-state index in [0.29, 0.717) is 13.2 Å². The first kappa shape index (κ1) is 15.6. The summed E-state index contributed by atoms with van der Waals surface area (Å²) in [4.78, 5) is 0. The highest BCUT2D eigenvalue weighted by Gasteiger charge is 2.54. The van der Waals surface area contributed by atoms with Crippen LogP contribution in [0.5, 0.6) is 0 Å². The molecule has 0 amide bonds. The van der Waals surface area contributed by atoms with Crippen molar-refractivity contribution in [2.24, 2.45) is 0 Å². The van der Waals surface area contributed by atoms with E-state index in [-0.39, 0.29) is 30.7 Å². The zero-order chi connectivity index (χ0) is 15.3. The second-order valence-electron chi connectivity index (χ2n) is 6.73. The molecule has 0 spiro atoms. The SMILES string of the molecule is CCO[C@H]1C[C@@H]2OC(C)(C)O[C@@H]([C@H]3COC(C)(C)O3)[C@H]2O1. The van der Waals surface area contributed by atoms with Gasteiger partial charge in [0.15, 0.2) is 17.9 Å². The van der Waals surface area contributed by atoms with Crippen LogP contribution in [0.4, 0.5) is 0 Å². The Morgan fingerprint density at radius 1 is 0.952 bits per heavy atom.